The summed E-state index contributed by atoms with van der Waals surface area (Å²) in [7, 11) is 0. The van der Waals surface area contributed by atoms with Gasteiger partial charge in [0.2, 0.25) is 4.77 Å². The number of hydrogen-bond acceptors (Lipinski definition) is 5. The van der Waals surface area contributed by atoms with Crippen LogP contribution in [0.15, 0.2) is 58.8 Å². The molecule has 6 nitrogen and oxygen atoms in total. The molecule has 0 aliphatic rings. The number of phenols is 1. The summed E-state index contributed by atoms with van der Waals surface area (Å²) in [6, 6.07) is 14.0. The number of H-pyrrole nitrogens is 2. The van der Waals surface area contributed by atoms with Gasteiger partial charge in [-0.2, -0.15) is 15.2 Å². The Kier molecular flexibility index (Phi) is 3.57. The van der Waals surface area contributed by atoms with E-state index < -0.39 is 0 Å². The number of hydrogen-bond donors (Lipinski definition) is 3. The molecule has 0 spiro atoms. The number of rotatable bonds is 3. The average Bonchev–Trinajstić information content (AvgIpc) is 2.94. The van der Waals surface area contributed by atoms with Crippen LogP contribution in [0.5, 0.6) is 5.75 Å². The number of aromatic amines is 2. The molecule has 0 saturated heterocycles. The van der Waals surface area contributed by atoms with Gasteiger partial charge in [0, 0.05) is 5.56 Å². The first-order chi connectivity index (χ1) is 10.2. The van der Waals surface area contributed by atoms with Crippen molar-refractivity contribution < 1.29 is 5.11 Å². The SMILES string of the molecule is Oc1ccc(N=Nc2ccc(-c3nc(=S)[nH][nH]3)cc2)cc1. The van der Waals surface area contributed by atoms with Crippen molar-refractivity contribution >= 4 is 23.6 Å². The minimum Gasteiger partial charge on any atom is -0.508 e. The largest absolute Gasteiger partial charge is 0.508 e. The van der Waals surface area contributed by atoms with Crippen LogP contribution < -0.4 is 0 Å². The van der Waals surface area contributed by atoms with Crippen LogP contribution in [0.4, 0.5) is 11.4 Å². The van der Waals surface area contributed by atoms with Crippen molar-refractivity contribution in [2.75, 3.05) is 0 Å². The maximum absolute atomic E-state index is 9.19. The fourth-order valence-electron chi connectivity index (χ4n) is 1.73. The highest BCUT2D eigenvalue weighted by molar-refractivity contribution is 7.71. The number of nitrogens with zero attached hydrogens (tertiary/aromatic N) is 3. The summed E-state index contributed by atoms with van der Waals surface area (Å²) in [4.78, 5) is 4.14. The van der Waals surface area contributed by atoms with Gasteiger partial charge in [0.25, 0.3) is 0 Å². The Morgan fingerprint density at radius 3 is 1.95 bits per heavy atom. The summed E-state index contributed by atoms with van der Waals surface area (Å²) < 4.78 is 0.418. The van der Waals surface area contributed by atoms with E-state index in [0.29, 0.717) is 16.3 Å². The molecule has 104 valence electrons. The van der Waals surface area contributed by atoms with Crippen LogP contribution >= 0.6 is 12.2 Å². The molecule has 3 rings (SSSR count). The topological polar surface area (TPSA) is 89.4 Å². The smallest absolute Gasteiger partial charge is 0.213 e. The van der Waals surface area contributed by atoms with Crippen LogP contribution in [0.25, 0.3) is 11.4 Å². The van der Waals surface area contributed by atoms with Gasteiger partial charge >= 0.3 is 0 Å². The summed E-state index contributed by atoms with van der Waals surface area (Å²) in [5.74, 6) is 0.886. The molecule has 1 aromatic heterocycles. The normalized spacial score (nSPS) is 11.0. The minimum absolute atomic E-state index is 0.203. The van der Waals surface area contributed by atoms with E-state index >= 15 is 0 Å². The Morgan fingerprint density at radius 1 is 0.857 bits per heavy atom. The second-order valence-corrected chi connectivity index (χ2v) is 4.67. The van der Waals surface area contributed by atoms with E-state index in [2.05, 4.69) is 25.4 Å². The molecule has 7 heteroatoms. The van der Waals surface area contributed by atoms with Gasteiger partial charge in [-0.05, 0) is 60.7 Å². The number of aromatic hydroxyl groups is 1. The highest BCUT2D eigenvalue weighted by Gasteiger charge is 2.00. The third-order valence-electron chi connectivity index (χ3n) is 2.77. The third kappa shape index (κ3) is 3.21. The van der Waals surface area contributed by atoms with Crippen molar-refractivity contribution in [2.24, 2.45) is 10.2 Å². The number of azo groups is 1. The molecule has 3 N–H and O–H groups in total. The summed E-state index contributed by atoms with van der Waals surface area (Å²) in [5, 5.41) is 23.0. The molecule has 1 heterocycles. The lowest BCUT2D eigenvalue weighted by Gasteiger charge is -1.97. The molecule has 3 aromatic rings. The maximum atomic E-state index is 9.19. The van der Waals surface area contributed by atoms with E-state index in [9.17, 15) is 5.11 Å². The fourth-order valence-corrected chi connectivity index (χ4v) is 1.87. The minimum atomic E-state index is 0.203. The molecular weight excluding hydrogens is 286 g/mol. The highest BCUT2D eigenvalue weighted by Crippen LogP contribution is 2.22. The van der Waals surface area contributed by atoms with Crippen molar-refractivity contribution in [3.05, 3.63) is 53.3 Å². The Balaban J connectivity index is 1.78. The van der Waals surface area contributed by atoms with Crippen LogP contribution in [0.2, 0.25) is 0 Å². The Hall–Kier alpha value is -2.80. The van der Waals surface area contributed by atoms with Gasteiger partial charge < -0.3 is 5.11 Å². The zero-order valence-electron chi connectivity index (χ0n) is 10.8. The summed E-state index contributed by atoms with van der Waals surface area (Å²) in [6.45, 7) is 0. The first-order valence-corrected chi connectivity index (χ1v) is 6.57. The second-order valence-electron chi connectivity index (χ2n) is 4.28. The lowest BCUT2D eigenvalue weighted by Crippen LogP contribution is -1.79. The molecule has 0 aliphatic carbocycles. The molecule has 0 fully saturated rings. The predicted octanol–water partition coefficient (Wildman–Crippen LogP) is 4.26. The van der Waals surface area contributed by atoms with Crippen molar-refractivity contribution in [3.8, 4) is 17.1 Å². The zero-order chi connectivity index (χ0) is 14.7. The van der Waals surface area contributed by atoms with Gasteiger partial charge in [-0.15, -0.1) is 0 Å². The predicted molar refractivity (Wildman–Crippen MR) is 81.5 cm³/mol. The summed E-state index contributed by atoms with van der Waals surface area (Å²) >= 11 is 4.91. The van der Waals surface area contributed by atoms with Gasteiger partial charge in [0.15, 0.2) is 5.82 Å². The number of benzene rings is 2. The fraction of sp³-hybridized carbons (Fsp3) is 0. The van der Waals surface area contributed by atoms with Crippen LogP contribution in [0.3, 0.4) is 0 Å². The number of nitrogens with one attached hydrogen (secondary N) is 2. The average molecular weight is 297 g/mol. The number of phenolic OH excluding ortho intramolecular Hbond substituents is 1. The lowest BCUT2D eigenvalue weighted by molar-refractivity contribution is 0.475. The van der Waals surface area contributed by atoms with E-state index in [1.165, 1.54) is 0 Å². The Bertz CT molecular complexity index is 818. The second kappa shape index (κ2) is 5.68. The van der Waals surface area contributed by atoms with Crippen molar-refractivity contribution in [1.29, 1.82) is 0 Å². The Labute approximate surface area is 125 Å². The maximum Gasteiger partial charge on any atom is 0.213 e. The van der Waals surface area contributed by atoms with Gasteiger partial charge in [-0.1, -0.05) is 0 Å². The molecule has 0 aliphatic heterocycles. The van der Waals surface area contributed by atoms with Crippen LogP contribution in [-0.4, -0.2) is 20.3 Å². The molecular formula is C14H11N5OS. The molecule has 0 atom stereocenters. The molecule has 0 saturated carbocycles. The van der Waals surface area contributed by atoms with Gasteiger partial charge in [0.05, 0.1) is 11.4 Å². The van der Waals surface area contributed by atoms with Crippen molar-refractivity contribution in [3.63, 3.8) is 0 Å². The van der Waals surface area contributed by atoms with Crippen molar-refractivity contribution in [1.82, 2.24) is 15.2 Å². The molecule has 0 radical (unpaired) electrons. The molecule has 0 unspecified atom stereocenters. The first kappa shape index (κ1) is 13.2. The highest BCUT2D eigenvalue weighted by atomic mass is 32.1. The van der Waals surface area contributed by atoms with Crippen molar-refractivity contribution in [2.45, 2.75) is 0 Å². The third-order valence-corrected chi connectivity index (χ3v) is 2.97. The van der Waals surface area contributed by atoms with E-state index in [1.807, 2.05) is 24.3 Å². The molecule has 2 aromatic carbocycles. The van der Waals surface area contributed by atoms with Gasteiger partial charge in [0.1, 0.15) is 5.75 Å². The summed E-state index contributed by atoms with van der Waals surface area (Å²) in [5.41, 5.74) is 2.31. The standard InChI is InChI=1S/C14H11N5OS/c20-12-7-5-11(6-8-12)17-16-10-3-1-9(2-4-10)13-15-14(21)19-18-13/h1-8,20H,(H2,15,18,19,21). The van der Waals surface area contributed by atoms with Gasteiger partial charge in [-0.3, -0.25) is 10.2 Å². The van der Waals surface area contributed by atoms with E-state index in [0.717, 1.165) is 11.3 Å². The summed E-state index contributed by atoms with van der Waals surface area (Å²) in [6.07, 6.45) is 0. The van der Waals surface area contributed by atoms with Crippen LogP contribution in [0.1, 0.15) is 0 Å². The van der Waals surface area contributed by atoms with Crippen LogP contribution in [-0.2, 0) is 0 Å². The lowest BCUT2D eigenvalue weighted by atomic mass is 10.2. The van der Waals surface area contributed by atoms with E-state index in [-0.39, 0.29) is 5.75 Å². The molecule has 21 heavy (non-hydrogen) atoms. The monoisotopic (exact) mass is 297 g/mol. The van der Waals surface area contributed by atoms with E-state index in [4.69, 9.17) is 12.2 Å². The van der Waals surface area contributed by atoms with E-state index in [1.54, 1.807) is 24.3 Å². The zero-order valence-corrected chi connectivity index (χ0v) is 11.6. The molecule has 0 bridgehead atoms. The number of aromatic nitrogens is 3. The Morgan fingerprint density at radius 2 is 1.43 bits per heavy atom. The first-order valence-electron chi connectivity index (χ1n) is 6.16. The van der Waals surface area contributed by atoms with Crippen LogP contribution in [0, 0.1) is 4.77 Å². The quantitative estimate of drug-likeness (QED) is 0.498. The molecule has 0 amide bonds. The van der Waals surface area contributed by atoms with Gasteiger partial charge in [-0.25, -0.2) is 0 Å².